The van der Waals surface area contributed by atoms with Crippen LogP contribution in [-0.4, -0.2) is 58.1 Å². The molecule has 1 amide bonds. The second-order valence-corrected chi connectivity index (χ2v) is 4.93. The molecule has 5 heteroatoms. The summed E-state index contributed by atoms with van der Waals surface area (Å²) in [5.41, 5.74) is 0.605. The SMILES string of the molecule is CN1CCN(C(=O)c2ccn[nH]2)CC1(C)C. The number of likely N-dealkylation sites (N-methyl/N-ethyl adjacent to an activating group) is 1. The molecule has 88 valence electrons. The molecule has 2 heterocycles. The molecule has 0 radical (unpaired) electrons. The van der Waals surface area contributed by atoms with Gasteiger partial charge in [-0.25, -0.2) is 0 Å². The van der Waals surface area contributed by atoms with Crippen LogP contribution in [0.1, 0.15) is 24.3 Å². The third kappa shape index (κ3) is 1.95. The number of rotatable bonds is 1. The van der Waals surface area contributed by atoms with Gasteiger partial charge in [-0.15, -0.1) is 0 Å². The standard InChI is InChI=1S/C11H18N4O/c1-11(2)8-15(7-6-14(11)3)10(16)9-4-5-12-13-9/h4-5H,6-8H2,1-3H3,(H,12,13). The molecule has 2 rings (SSSR count). The van der Waals surface area contributed by atoms with E-state index in [1.807, 2.05) is 4.90 Å². The van der Waals surface area contributed by atoms with Gasteiger partial charge >= 0.3 is 0 Å². The summed E-state index contributed by atoms with van der Waals surface area (Å²) in [5, 5.41) is 6.52. The summed E-state index contributed by atoms with van der Waals surface area (Å²) in [6.45, 7) is 6.74. The van der Waals surface area contributed by atoms with E-state index < -0.39 is 0 Å². The number of hydrogen-bond donors (Lipinski definition) is 1. The zero-order valence-corrected chi connectivity index (χ0v) is 10.0. The average Bonchev–Trinajstić information content (AvgIpc) is 2.74. The monoisotopic (exact) mass is 222 g/mol. The number of carbonyl (C=O) groups excluding carboxylic acids is 1. The molecule has 0 aromatic carbocycles. The smallest absolute Gasteiger partial charge is 0.271 e. The van der Waals surface area contributed by atoms with E-state index in [4.69, 9.17) is 0 Å². The largest absolute Gasteiger partial charge is 0.334 e. The number of aromatic nitrogens is 2. The molecule has 1 aliphatic heterocycles. The van der Waals surface area contributed by atoms with Crippen molar-refractivity contribution >= 4 is 5.91 Å². The van der Waals surface area contributed by atoms with Crippen molar-refractivity contribution in [3.05, 3.63) is 18.0 Å². The fourth-order valence-corrected chi connectivity index (χ4v) is 1.96. The fraction of sp³-hybridized carbons (Fsp3) is 0.636. The molecular weight excluding hydrogens is 204 g/mol. The second-order valence-electron chi connectivity index (χ2n) is 4.93. The molecule has 1 saturated heterocycles. The Balaban J connectivity index is 2.10. The molecular formula is C11H18N4O. The number of amides is 1. The van der Waals surface area contributed by atoms with Crippen LogP contribution in [-0.2, 0) is 0 Å². The van der Waals surface area contributed by atoms with E-state index in [0.717, 1.165) is 19.6 Å². The van der Waals surface area contributed by atoms with Crippen LogP contribution in [0.4, 0.5) is 0 Å². The highest BCUT2D eigenvalue weighted by Crippen LogP contribution is 2.19. The van der Waals surface area contributed by atoms with Crippen LogP contribution in [0.25, 0.3) is 0 Å². The summed E-state index contributed by atoms with van der Waals surface area (Å²) in [5.74, 6) is 0.0404. The summed E-state index contributed by atoms with van der Waals surface area (Å²) in [6, 6.07) is 1.72. The van der Waals surface area contributed by atoms with Crippen LogP contribution in [0.15, 0.2) is 12.3 Å². The molecule has 1 aliphatic rings. The van der Waals surface area contributed by atoms with Gasteiger partial charge in [-0.1, -0.05) is 0 Å². The molecule has 16 heavy (non-hydrogen) atoms. The highest BCUT2D eigenvalue weighted by molar-refractivity contribution is 5.92. The number of nitrogens with zero attached hydrogens (tertiary/aromatic N) is 3. The van der Waals surface area contributed by atoms with Gasteiger partial charge in [0.1, 0.15) is 5.69 Å². The lowest BCUT2D eigenvalue weighted by atomic mass is 9.99. The predicted octanol–water partition coefficient (Wildman–Crippen LogP) is 0.576. The van der Waals surface area contributed by atoms with Crippen molar-refractivity contribution in [1.82, 2.24) is 20.0 Å². The Morgan fingerprint density at radius 1 is 1.50 bits per heavy atom. The third-order valence-corrected chi connectivity index (χ3v) is 3.33. The lowest BCUT2D eigenvalue weighted by Gasteiger charge is -2.45. The van der Waals surface area contributed by atoms with Gasteiger partial charge in [0.2, 0.25) is 0 Å². The van der Waals surface area contributed by atoms with Crippen molar-refractivity contribution in [2.45, 2.75) is 19.4 Å². The minimum atomic E-state index is 0.0356. The van der Waals surface area contributed by atoms with E-state index in [9.17, 15) is 4.79 Å². The third-order valence-electron chi connectivity index (χ3n) is 3.33. The van der Waals surface area contributed by atoms with Crippen molar-refractivity contribution in [2.24, 2.45) is 0 Å². The summed E-state index contributed by atoms with van der Waals surface area (Å²) in [6.07, 6.45) is 1.61. The number of hydrogen-bond acceptors (Lipinski definition) is 3. The first-order valence-electron chi connectivity index (χ1n) is 5.50. The zero-order chi connectivity index (χ0) is 11.8. The molecule has 1 aromatic rings. The van der Waals surface area contributed by atoms with Gasteiger partial charge in [0.15, 0.2) is 0 Å². The average molecular weight is 222 g/mol. The number of nitrogens with one attached hydrogen (secondary N) is 1. The van der Waals surface area contributed by atoms with Gasteiger partial charge in [-0.3, -0.25) is 14.8 Å². The number of piperazine rings is 1. The van der Waals surface area contributed by atoms with Gasteiger partial charge < -0.3 is 4.90 Å². The minimum Gasteiger partial charge on any atom is -0.334 e. The molecule has 0 spiro atoms. The number of H-pyrrole nitrogens is 1. The first kappa shape index (κ1) is 11.1. The maximum absolute atomic E-state index is 12.1. The van der Waals surface area contributed by atoms with Crippen molar-refractivity contribution in [3.8, 4) is 0 Å². The summed E-state index contributed by atoms with van der Waals surface area (Å²) in [4.78, 5) is 16.3. The van der Waals surface area contributed by atoms with E-state index in [1.165, 1.54) is 0 Å². The van der Waals surface area contributed by atoms with Gasteiger partial charge in [0.05, 0.1) is 0 Å². The zero-order valence-electron chi connectivity index (χ0n) is 10.0. The normalized spacial score (nSPS) is 21.1. The molecule has 0 unspecified atom stereocenters. The van der Waals surface area contributed by atoms with Crippen molar-refractivity contribution < 1.29 is 4.79 Å². The molecule has 0 aliphatic carbocycles. The fourth-order valence-electron chi connectivity index (χ4n) is 1.96. The topological polar surface area (TPSA) is 52.2 Å². The van der Waals surface area contributed by atoms with Crippen molar-refractivity contribution in [2.75, 3.05) is 26.7 Å². The Kier molecular flexibility index (Phi) is 2.71. The van der Waals surface area contributed by atoms with Crippen LogP contribution in [0.2, 0.25) is 0 Å². The first-order valence-corrected chi connectivity index (χ1v) is 5.50. The Hall–Kier alpha value is -1.36. The Bertz CT molecular complexity index is 371. The Morgan fingerprint density at radius 3 is 2.81 bits per heavy atom. The molecule has 5 nitrogen and oxygen atoms in total. The second kappa shape index (κ2) is 3.90. The summed E-state index contributed by atoms with van der Waals surface area (Å²) in [7, 11) is 2.10. The van der Waals surface area contributed by atoms with E-state index in [1.54, 1.807) is 12.3 Å². The van der Waals surface area contributed by atoms with E-state index in [-0.39, 0.29) is 11.4 Å². The minimum absolute atomic E-state index is 0.0356. The van der Waals surface area contributed by atoms with Crippen molar-refractivity contribution in [1.29, 1.82) is 0 Å². The molecule has 0 atom stereocenters. The molecule has 1 aromatic heterocycles. The predicted molar refractivity (Wildman–Crippen MR) is 61.2 cm³/mol. The highest BCUT2D eigenvalue weighted by Gasteiger charge is 2.33. The lowest BCUT2D eigenvalue weighted by Crippen LogP contribution is -2.58. The molecule has 1 fully saturated rings. The lowest BCUT2D eigenvalue weighted by molar-refractivity contribution is 0.0307. The first-order chi connectivity index (χ1) is 7.50. The number of aromatic amines is 1. The quantitative estimate of drug-likeness (QED) is 0.756. The van der Waals surface area contributed by atoms with Gasteiger partial charge in [-0.2, -0.15) is 5.10 Å². The van der Waals surface area contributed by atoms with Crippen LogP contribution in [0, 0.1) is 0 Å². The van der Waals surface area contributed by atoms with Crippen LogP contribution in [0.3, 0.4) is 0 Å². The summed E-state index contributed by atoms with van der Waals surface area (Å²) >= 11 is 0. The Labute approximate surface area is 95.4 Å². The Morgan fingerprint density at radius 2 is 2.25 bits per heavy atom. The van der Waals surface area contributed by atoms with Crippen LogP contribution < -0.4 is 0 Å². The highest BCUT2D eigenvalue weighted by atomic mass is 16.2. The maximum Gasteiger partial charge on any atom is 0.271 e. The van der Waals surface area contributed by atoms with E-state index in [0.29, 0.717) is 5.69 Å². The molecule has 0 saturated carbocycles. The van der Waals surface area contributed by atoms with Crippen LogP contribution >= 0.6 is 0 Å². The number of carbonyl (C=O) groups is 1. The van der Waals surface area contributed by atoms with Gasteiger partial charge in [-0.05, 0) is 27.0 Å². The van der Waals surface area contributed by atoms with E-state index >= 15 is 0 Å². The molecule has 0 bridgehead atoms. The summed E-state index contributed by atoms with van der Waals surface area (Å²) < 4.78 is 0. The van der Waals surface area contributed by atoms with Crippen LogP contribution in [0.5, 0.6) is 0 Å². The maximum atomic E-state index is 12.1. The van der Waals surface area contributed by atoms with Crippen molar-refractivity contribution in [3.63, 3.8) is 0 Å². The van der Waals surface area contributed by atoms with Gasteiger partial charge in [0, 0.05) is 31.4 Å². The van der Waals surface area contributed by atoms with E-state index in [2.05, 4.69) is 36.0 Å². The molecule has 1 N–H and O–H groups in total. The van der Waals surface area contributed by atoms with Gasteiger partial charge in [0.25, 0.3) is 5.91 Å².